The fourth-order valence-corrected chi connectivity index (χ4v) is 3.80. The van der Waals surface area contributed by atoms with Gasteiger partial charge in [-0.25, -0.2) is 0 Å². The Labute approximate surface area is 146 Å². The van der Waals surface area contributed by atoms with Gasteiger partial charge in [0.1, 0.15) is 6.04 Å². The first-order chi connectivity index (χ1) is 11.3. The zero-order valence-corrected chi connectivity index (χ0v) is 15.9. The van der Waals surface area contributed by atoms with Crippen LogP contribution in [0, 0.1) is 0 Å². The van der Waals surface area contributed by atoms with Crippen molar-refractivity contribution < 1.29 is 9.53 Å². The van der Waals surface area contributed by atoms with E-state index >= 15 is 0 Å². The van der Waals surface area contributed by atoms with E-state index in [9.17, 15) is 4.79 Å². The molecule has 1 aromatic carbocycles. The number of nitrogens with zero attached hydrogens (tertiary/aromatic N) is 2. The summed E-state index contributed by atoms with van der Waals surface area (Å²) in [5, 5.41) is 0. The van der Waals surface area contributed by atoms with Crippen molar-refractivity contribution >= 4 is 5.91 Å². The van der Waals surface area contributed by atoms with Crippen molar-refractivity contribution in [3.63, 3.8) is 0 Å². The molecule has 0 spiro atoms. The van der Waals surface area contributed by atoms with E-state index in [1.165, 1.54) is 0 Å². The highest BCUT2D eigenvalue weighted by Crippen LogP contribution is 2.29. The van der Waals surface area contributed by atoms with Crippen molar-refractivity contribution in [3.05, 3.63) is 35.9 Å². The van der Waals surface area contributed by atoms with Crippen molar-refractivity contribution in [1.82, 2.24) is 9.80 Å². The van der Waals surface area contributed by atoms with Crippen LogP contribution in [0.15, 0.2) is 30.3 Å². The second-order valence-electron chi connectivity index (χ2n) is 7.45. The first-order valence-corrected chi connectivity index (χ1v) is 9.07. The van der Waals surface area contributed by atoms with Crippen LogP contribution in [0.5, 0.6) is 0 Å². The SMILES string of the molecule is CC(C)N(C(C)C)C(C(=O)N1C[C@@H](C)O[C@@H](C)C1)c1ccccc1. The molecule has 24 heavy (non-hydrogen) atoms. The van der Waals surface area contributed by atoms with E-state index in [1.54, 1.807) is 0 Å². The van der Waals surface area contributed by atoms with Crippen LogP contribution in [-0.2, 0) is 9.53 Å². The maximum Gasteiger partial charge on any atom is 0.244 e. The zero-order valence-electron chi connectivity index (χ0n) is 15.9. The van der Waals surface area contributed by atoms with Crippen LogP contribution < -0.4 is 0 Å². The summed E-state index contributed by atoms with van der Waals surface area (Å²) in [6, 6.07) is 10.5. The molecule has 1 heterocycles. The number of hydrogen-bond donors (Lipinski definition) is 0. The number of benzene rings is 1. The molecule has 0 saturated carbocycles. The number of carbonyl (C=O) groups excluding carboxylic acids is 1. The molecule has 1 amide bonds. The number of carbonyl (C=O) groups is 1. The van der Waals surface area contributed by atoms with E-state index in [4.69, 9.17) is 4.74 Å². The molecule has 1 aromatic rings. The van der Waals surface area contributed by atoms with Gasteiger partial charge in [0, 0.05) is 25.2 Å². The third-order valence-electron chi connectivity index (χ3n) is 4.57. The number of hydrogen-bond acceptors (Lipinski definition) is 3. The van der Waals surface area contributed by atoms with Crippen molar-refractivity contribution in [2.45, 2.75) is 71.9 Å². The lowest BCUT2D eigenvalue weighted by molar-refractivity contribution is -0.150. The van der Waals surface area contributed by atoms with Crippen LogP contribution in [0.25, 0.3) is 0 Å². The Kier molecular flexibility index (Phi) is 6.41. The normalized spacial score (nSPS) is 23.1. The number of morpholine rings is 1. The Hall–Kier alpha value is -1.39. The van der Waals surface area contributed by atoms with Gasteiger partial charge >= 0.3 is 0 Å². The molecule has 4 nitrogen and oxygen atoms in total. The predicted molar refractivity (Wildman–Crippen MR) is 97.9 cm³/mol. The molecule has 0 N–H and O–H groups in total. The predicted octanol–water partition coefficient (Wildman–Crippen LogP) is 3.48. The van der Waals surface area contributed by atoms with Crippen LogP contribution in [0.1, 0.15) is 53.1 Å². The summed E-state index contributed by atoms with van der Waals surface area (Å²) in [5.41, 5.74) is 1.07. The highest BCUT2D eigenvalue weighted by atomic mass is 16.5. The number of rotatable bonds is 5. The fraction of sp³-hybridized carbons (Fsp3) is 0.650. The Morgan fingerprint density at radius 3 is 2.00 bits per heavy atom. The summed E-state index contributed by atoms with van der Waals surface area (Å²) in [6.45, 7) is 14.0. The molecule has 0 bridgehead atoms. The fourth-order valence-electron chi connectivity index (χ4n) is 3.80. The molecular formula is C20H32N2O2. The minimum Gasteiger partial charge on any atom is -0.372 e. The molecule has 1 aliphatic rings. The maximum absolute atomic E-state index is 13.5. The number of ether oxygens (including phenoxy) is 1. The number of amides is 1. The van der Waals surface area contributed by atoms with Gasteiger partial charge in [0.25, 0.3) is 0 Å². The molecule has 4 heteroatoms. The third kappa shape index (κ3) is 4.37. The van der Waals surface area contributed by atoms with Crippen LogP contribution in [0.4, 0.5) is 0 Å². The summed E-state index contributed by atoms with van der Waals surface area (Å²) < 4.78 is 5.80. The monoisotopic (exact) mass is 332 g/mol. The Morgan fingerprint density at radius 2 is 1.54 bits per heavy atom. The summed E-state index contributed by atoms with van der Waals surface area (Å²) in [7, 11) is 0. The minimum absolute atomic E-state index is 0.0840. The zero-order chi connectivity index (χ0) is 17.9. The van der Waals surface area contributed by atoms with E-state index in [0.29, 0.717) is 13.1 Å². The van der Waals surface area contributed by atoms with Crippen molar-refractivity contribution in [1.29, 1.82) is 0 Å². The molecular weight excluding hydrogens is 300 g/mol. The third-order valence-corrected chi connectivity index (χ3v) is 4.57. The summed E-state index contributed by atoms with van der Waals surface area (Å²) >= 11 is 0. The molecule has 1 fully saturated rings. The molecule has 0 aromatic heterocycles. The minimum atomic E-state index is -0.247. The molecule has 3 atom stereocenters. The molecule has 1 saturated heterocycles. The highest BCUT2D eigenvalue weighted by molar-refractivity contribution is 5.83. The largest absolute Gasteiger partial charge is 0.372 e. The van der Waals surface area contributed by atoms with Gasteiger partial charge in [-0.1, -0.05) is 30.3 Å². The Morgan fingerprint density at radius 1 is 1.04 bits per heavy atom. The van der Waals surface area contributed by atoms with Crippen LogP contribution >= 0.6 is 0 Å². The first-order valence-electron chi connectivity index (χ1n) is 9.07. The summed E-state index contributed by atoms with van der Waals surface area (Å²) in [4.78, 5) is 17.8. The lowest BCUT2D eigenvalue weighted by Gasteiger charge is -2.42. The van der Waals surface area contributed by atoms with E-state index in [0.717, 1.165) is 5.56 Å². The molecule has 1 unspecified atom stereocenters. The summed E-state index contributed by atoms with van der Waals surface area (Å²) in [5.74, 6) is 0.186. The van der Waals surface area contributed by atoms with Crippen molar-refractivity contribution in [3.8, 4) is 0 Å². The second-order valence-corrected chi connectivity index (χ2v) is 7.45. The molecule has 2 rings (SSSR count). The highest BCUT2D eigenvalue weighted by Gasteiger charge is 2.36. The first kappa shape index (κ1) is 18.9. The molecule has 134 valence electrons. The summed E-state index contributed by atoms with van der Waals surface area (Å²) in [6.07, 6.45) is 0.168. The lowest BCUT2D eigenvalue weighted by Crippen LogP contribution is -2.54. The van der Waals surface area contributed by atoms with Crippen molar-refractivity contribution in [2.24, 2.45) is 0 Å². The van der Waals surface area contributed by atoms with Gasteiger partial charge in [-0.05, 0) is 47.1 Å². The van der Waals surface area contributed by atoms with E-state index < -0.39 is 0 Å². The van der Waals surface area contributed by atoms with Gasteiger partial charge in [-0.15, -0.1) is 0 Å². The van der Waals surface area contributed by atoms with E-state index in [1.807, 2.05) is 36.9 Å². The topological polar surface area (TPSA) is 32.8 Å². The Balaban J connectivity index is 2.36. The van der Waals surface area contributed by atoms with Crippen LogP contribution in [0.2, 0.25) is 0 Å². The lowest BCUT2D eigenvalue weighted by atomic mass is 9.99. The van der Waals surface area contributed by atoms with E-state index in [2.05, 4.69) is 44.7 Å². The van der Waals surface area contributed by atoms with Gasteiger partial charge in [0.2, 0.25) is 5.91 Å². The smallest absolute Gasteiger partial charge is 0.244 e. The standard InChI is InChI=1S/C20H32N2O2/c1-14(2)22(15(3)4)19(18-10-8-7-9-11-18)20(23)21-12-16(5)24-17(6)13-21/h7-11,14-17,19H,12-13H2,1-6H3/t16-,17+,19?. The maximum atomic E-state index is 13.5. The van der Waals surface area contributed by atoms with Crippen LogP contribution in [-0.4, -0.2) is 53.1 Å². The second kappa shape index (κ2) is 8.13. The van der Waals surface area contributed by atoms with Gasteiger partial charge < -0.3 is 9.64 Å². The molecule has 0 radical (unpaired) electrons. The van der Waals surface area contributed by atoms with Gasteiger partial charge in [-0.3, -0.25) is 9.69 Å². The van der Waals surface area contributed by atoms with Gasteiger partial charge in [0.05, 0.1) is 12.2 Å². The van der Waals surface area contributed by atoms with Crippen molar-refractivity contribution in [2.75, 3.05) is 13.1 Å². The van der Waals surface area contributed by atoms with Crippen LogP contribution in [0.3, 0.4) is 0 Å². The molecule has 0 aliphatic carbocycles. The molecule has 1 aliphatic heterocycles. The quantitative estimate of drug-likeness (QED) is 0.827. The average molecular weight is 332 g/mol. The average Bonchev–Trinajstić information content (AvgIpc) is 2.51. The van der Waals surface area contributed by atoms with Gasteiger partial charge in [0.15, 0.2) is 0 Å². The van der Waals surface area contributed by atoms with E-state index in [-0.39, 0.29) is 36.2 Å². The van der Waals surface area contributed by atoms with Gasteiger partial charge in [-0.2, -0.15) is 0 Å². The Bertz CT molecular complexity index is 512.